The third kappa shape index (κ3) is 4.72. The van der Waals surface area contributed by atoms with Gasteiger partial charge in [0.15, 0.2) is 0 Å². The van der Waals surface area contributed by atoms with Crippen molar-refractivity contribution in [3.05, 3.63) is 0 Å². The number of carbonyl (C=O) groups is 1. The van der Waals surface area contributed by atoms with Crippen LogP contribution in [0.4, 0.5) is 0 Å². The summed E-state index contributed by atoms with van der Waals surface area (Å²) in [5.74, 6) is 0.633. The second-order valence-corrected chi connectivity index (χ2v) is 5.02. The van der Waals surface area contributed by atoms with E-state index in [4.69, 9.17) is 0 Å². The molecule has 0 aromatic heterocycles. The quantitative estimate of drug-likeness (QED) is 0.708. The van der Waals surface area contributed by atoms with Crippen LogP contribution in [-0.4, -0.2) is 60.2 Å². The van der Waals surface area contributed by atoms with Gasteiger partial charge in [0.2, 0.25) is 5.91 Å². The SMILES string of the molecule is CSCC(=O)NCCN1CCCC[C@@H]1CO. The molecule has 5 heteroatoms. The van der Waals surface area contributed by atoms with Crippen LogP contribution in [0.3, 0.4) is 0 Å². The number of hydrogen-bond acceptors (Lipinski definition) is 4. The first-order valence-corrected chi connectivity index (χ1v) is 7.28. The molecule has 2 N–H and O–H groups in total. The van der Waals surface area contributed by atoms with E-state index in [1.54, 1.807) is 0 Å². The van der Waals surface area contributed by atoms with E-state index in [0.717, 1.165) is 19.5 Å². The molecule has 0 aliphatic carbocycles. The van der Waals surface area contributed by atoms with Crippen molar-refractivity contribution < 1.29 is 9.90 Å². The van der Waals surface area contributed by atoms with Gasteiger partial charge in [0.05, 0.1) is 12.4 Å². The highest BCUT2D eigenvalue weighted by atomic mass is 32.2. The average Bonchev–Trinajstić information content (AvgIpc) is 2.30. The highest BCUT2D eigenvalue weighted by molar-refractivity contribution is 7.99. The van der Waals surface area contributed by atoms with Gasteiger partial charge in [-0.15, -0.1) is 0 Å². The normalized spacial score (nSPS) is 22.0. The van der Waals surface area contributed by atoms with Crippen LogP contribution < -0.4 is 5.32 Å². The molecular formula is C11H22N2O2S. The number of rotatable bonds is 6. The minimum atomic E-state index is 0.102. The van der Waals surface area contributed by atoms with Gasteiger partial charge in [-0.2, -0.15) is 11.8 Å². The van der Waals surface area contributed by atoms with E-state index in [0.29, 0.717) is 18.3 Å². The summed E-state index contributed by atoms with van der Waals surface area (Å²) in [5.41, 5.74) is 0. The van der Waals surface area contributed by atoms with Crippen LogP contribution in [0.5, 0.6) is 0 Å². The third-order valence-electron chi connectivity index (χ3n) is 2.96. The summed E-state index contributed by atoms with van der Waals surface area (Å²) in [5, 5.41) is 12.1. The Balaban J connectivity index is 2.17. The molecule has 1 aliphatic rings. The van der Waals surface area contributed by atoms with Crippen LogP contribution in [-0.2, 0) is 4.79 Å². The van der Waals surface area contributed by atoms with E-state index in [9.17, 15) is 9.90 Å². The summed E-state index contributed by atoms with van der Waals surface area (Å²) >= 11 is 1.54. The zero-order valence-electron chi connectivity index (χ0n) is 9.95. The van der Waals surface area contributed by atoms with Crippen LogP contribution in [0.25, 0.3) is 0 Å². The summed E-state index contributed by atoms with van der Waals surface area (Å²) in [4.78, 5) is 13.5. The van der Waals surface area contributed by atoms with Gasteiger partial charge in [0.1, 0.15) is 0 Å². The molecule has 0 aromatic carbocycles. The standard InChI is InChI=1S/C11H22N2O2S/c1-16-9-11(15)12-5-7-13-6-3-2-4-10(13)8-14/h10,14H,2-9H2,1H3,(H,12,15)/t10-/m1/s1. The maximum absolute atomic E-state index is 11.2. The zero-order valence-corrected chi connectivity index (χ0v) is 10.8. The van der Waals surface area contributed by atoms with Gasteiger partial charge in [0, 0.05) is 19.1 Å². The molecule has 16 heavy (non-hydrogen) atoms. The van der Waals surface area contributed by atoms with Crippen molar-refractivity contribution in [2.45, 2.75) is 25.3 Å². The van der Waals surface area contributed by atoms with E-state index in [1.807, 2.05) is 6.26 Å². The molecule has 1 rings (SSSR count). The minimum absolute atomic E-state index is 0.102. The Hall–Kier alpha value is -0.260. The molecule has 0 aromatic rings. The summed E-state index contributed by atoms with van der Waals surface area (Å²) < 4.78 is 0. The molecule has 0 unspecified atom stereocenters. The summed E-state index contributed by atoms with van der Waals surface area (Å²) in [6.45, 7) is 2.82. The lowest BCUT2D eigenvalue weighted by Crippen LogP contribution is -2.45. The number of nitrogens with one attached hydrogen (secondary N) is 1. The minimum Gasteiger partial charge on any atom is -0.395 e. The third-order valence-corrected chi connectivity index (χ3v) is 3.51. The summed E-state index contributed by atoms with van der Waals surface area (Å²) in [7, 11) is 0. The Morgan fingerprint density at radius 2 is 2.38 bits per heavy atom. The number of aliphatic hydroxyl groups is 1. The van der Waals surface area contributed by atoms with Crippen LogP contribution >= 0.6 is 11.8 Å². The summed E-state index contributed by atoms with van der Waals surface area (Å²) in [6, 6.07) is 0.297. The van der Waals surface area contributed by atoms with E-state index in [2.05, 4.69) is 10.2 Å². The predicted molar refractivity (Wildman–Crippen MR) is 67.7 cm³/mol. The number of nitrogens with zero attached hydrogens (tertiary/aromatic N) is 1. The van der Waals surface area contributed by atoms with Gasteiger partial charge in [-0.1, -0.05) is 6.42 Å². The first kappa shape index (κ1) is 13.8. The lowest BCUT2D eigenvalue weighted by Gasteiger charge is -2.34. The fourth-order valence-corrected chi connectivity index (χ4v) is 2.45. The predicted octanol–water partition coefficient (Wildman–Crippen LogP) is 0.312. The van der Waals surface area contributed by atoms with Crippen LogP contribution in [0.2, 0.25) is 0 Å². The summed E-state index contributed by atoms with van der Waals surface area (Å²) in [6.07, 6.45) is 5.41. The van der Waals surface area contributed by atoms with Crippen molar-refractivity contribution in [3.8, 4) is 0 Å². The zero-order chi connectivity index (χ0) is 11.8. The lowest BCUT2D eigenvalue weighted by molar-refractivity contribution is -0.118. The molecule has 1 amide bonds. The number of thioether (sulfide) groups is 1. The van der Waals surface area contributed by atoms with Crippen molar-refractivity contribution in [3.63, 3.8) is 0 Å². The Morgan fingerprint density at radius 1 is 1.56 bits per heavy atom. The molecule has 1 atom stereocenters. The van der Waals surface area contributed by atoms with Crippen LogP contribution in [0.1, 0.15) is 19.3 Å². The van der Waals surface area contributed by atoms with Crippen molar-refractivity contribution in [2.75, 3.05) is 38.2 Å². The highest BCUT2D eigenvalue weighted by Gasteiger charge is 2.20. The van der Waals surface area contributed by atoms with E-state index >= 15 is 0 Å². The van der Waals surface area contributed by atoms with E-state index in [-0.39, 0.29) is 12.5 Å². The smallest absolute Gasteiger partial charge is 0.230 e. The molecule has 4 nitrogen and oxygen atoms in total. The molecule has 1 saturated heterocycles. The Kier molecular flexibility index (Phi) is 6.84. The monoisotopic (exact) mass is 246 g/mol. The van der Waals surface area contributed by atoms with Crippen molar-refractivity contribution in [1.29, 1.82) is 0 Å². The van der Waals surface area contributed by atoms with Crippen molar-refractivity contribution >= 4 is 17.7 Å². The second kappa shape index (κ2) is 7.92. The molecule has 94 valence electrons. The van der Waals surface area contributed by atoms with Gasteiger partial charge in [0.25, 0.3) is 0 Å². The van der Waals surface area contributed by atoms with Gasteiger partial charge < -0.3 is 10.4 Å². The molecule has 0 radical (unpaired) electrons. The fourth-order valence-electron chi connectivity index (χ4n) is 2.08. The topological polar surface area (TPSA) is 52.6 Å². The van der Waals surface area contributed by atoms with Crippen molar-refractivity contribution in [2.24, 2.45) is 0 Å². The molecule has 0 spiro atoms. The van der Waals surface area contributed by atoms with E-state index < -0.39 is 0 Å². The first-order chi connectivity index (χ1) is 7.77. The van der Waals surface area contributed by atoms with Crippen molar-refractivity contribution in [1.82, 2.24) is 10.2 Å². The van der Waals surface area contributed by atoms with Crippen LogP contribution in [0, 0.1) is 0 Å². The molecule has 0 bridgehead atoms. The largest absolute Gasteiger partial charge is 0.395 e. The number of aliphatic hydroxyl groups excluding tert-OH is 1. The lowest BCUT2D eigenvalue weighted by atomic mass is 10.0. The number of hydrogen-bond donors (Lipinski definition) is 2. The van der Waals surface area contributed by atoms with Gasteiger partial charge in [-0.25, -0.2) is 0 Å². The molecule has 1 heterocycles. The highest BCUT2D eigenvalue weighted by Crippen LogP contribution is 2.15. The number of piperidine rings is 1. The van der Waals surface area contributed by atoms with Gasteiger partial charge in [-0.3, -0.25) is 9.69 Å². The number of likely N-dealkylation sites (tertiary alicyclic amines) is 1. The van der Waals surface area contributed by atoms with Crippen LogP contribution in [0.15, 0.2) is 0 Å². The van der Waals surface area contributed by atoms with E-state index in [1.165, 1.54) is 24.6 Å². The Labute approximate surface area is 102 Å². The maximum Gasteiger partial charge on any atom is 0.230 e. The first-order valence-electron chi connectivity index (χ1n) is 5.88. The second-order valence-electron chi connectivity index (χ2n) is 4.15. The molecule has 1 fully saturated rings. The molecular weight excluding hydrogens is 224 g/mol. The maximum atomic E-state index is 11.2. The average molecular weight is 246 g/mol. The van der Waals surface area contributed by atoms with Gasteiger partial charge >= 0.3 is 0 Å². The number of carbonyl (C=O) groups excluding carboxylic acids is 1. The number of amides is 1. The Morgan fingerprint density at radius 3 is 3.06 bits per heavy atom. The van der Waals surface area contributed by atoms with Gasteiger partial charge in [-0.05, 0) is 25.6 Å². The molecule has 1 aliphatic heterocycles. The fraction of sp³-hybridized carbons (Fsp3) is 0.909. The Bertz CT molecular complexity index is 214. The molecule has 0 saturated carbocycles.